The van der Waals surface area contributed by atoms with Crippen LogP contribution in [-0.2, 0) is 0 Å². The topological polar surface area (TPSA) is 26.7 Å². The van der Waals surface area contributed by atoms with Crippen molar-refractivity contribution in [1.29, 1.82) is 0 Å². The highest BCUT2D eigenvalue weighted by molar-refractivity contribution is 8.00. The Labute approximate surface area is 93.0 Å². The standard InChI is InChI=1S/C11H12N2OS/c1-8-6-12-9-4-2-3-5-10(9)15-11(12)13(8)7-14/h2-6,11,14H,7H2,1H3/t11-/m0/s1. The Bertz CT molecular complexity index is 432. The second-order valence-electron chi connectivity index (χ2n) is 3.70. The zero-order chi connectivity index (χ0) is 10.4. The summed E-state index contributed by atoms with van der Waals surface area (Å²) in [6.45, 7) is 2.10. The lowest BCUT2D eigenvalue weighted by molar-refractivity contribution is 0.141. The lowest BCUT2D eigenvalue weighted by Crippen LogP contribution is -2.34. The first-order chi connectivity index (χ1) is 7.31. The minimum Gasteiger partial charge on any atom is -0.376 e. The molecule has 2 aliphatic rings. The maximum Gasteiger partial charge on any atom is 0.160 e. The van der Waals surface area contributed by atoms with Crippen LogP contribution >= 0.6 is 11.8 Å². The SMILES string of the molecule is CC1=CN2c3ccccc3S[C@@H]2N1CO. The van der Waals surface area contributed by atoms with Crippen LogP contribution in [0.5, 0.6) is 0 Å². The van der Waals surface area contributed by atoms with E-state index >= 15 is 0 Å². The van der Waals surface area contributed by atoms with Crippen molar-refractivity contribution in [3.8, 4) is 0 Å². The molecule has 78 valence electrons. The van der Waals surface area contributed by atoms with Gasteiger partial charge in [-0.1, -0.05) is 23.9 Å². The lowest BCUT2D eigenvalue weighted by atomic mass is 10.3. The van der Waals surface area contributed by atoms with Crippen molar-refractivity contribution in [2.75, 3.05) is 11.6 Å². The number of hydrogen-bond donors (Lipinski definition) is 1. The Morgan fingerprint density at radius 3 is 3.00 bits per heavy atom. The van der Waals surface area contributed by atoms with Crippen molar-refractivity contribution in [2.24, 2.45) is 0 Å². The summed E-state index contributed by atoms with van der Waals surface area (Å²) in [5, 5.41) is 9.31. The van der Waals surface area contributed by atoms with Gasteiger partial charge in [0, 0.05) is 16.8 Å². The molecule has 1 N–H and O–H groups in total. The van der Waals surface area contributed by atoms with Crippen LogP contribution in [0.4, 0.5) is 5.69 Å². The predicted octanol–water partition coefficient (Wildman–Crippen LogP) is 2.01. The van der Waals surface area contributed by atoms with E-state index in [4.69, 9.17) is 0 Å². The monoisotopic (exact) mass is 220 g/mol. The predicted molar refractivity (Wildman–Crippen MR) is 61.2 cm³/mol. The summed E-state index contributed by atoms with van der Waals surface area (Å²) >= 11 is 1.78. The van der Waals surface area contributed by atoms with Gasteiger partial charge in [0.2, 0.25) is 0 Å². The molecule has 0 unspecified atom stereocenters. The molecule has 0 bridgehead atoms. The number of anilines is 1. The molecule has 3 nitrogen and oxygen atoms in total. The molecule has 1 atom stereocenters. The van der Waals surface area contributed by atoms with Gasteiger partial charge in [-0.25, -0.2) is 0 Å². The minimum atomic E-state index is 0.0739. The third-order valence-electron chi connectivity index (χ3n) is 2.81. The fourth-order valence-electron chi connectivity index (χ4n) is 2.04. The summed E-state index contributed by atoms with van der Waals surface area (Å²) in [4.78, 5) is 5.49. The van der Waals surface area contributed by atoms with E-state index in [0.717, 1.165) is 5.70 Å². The molecular formula is C11H12N2OS. The highest BCUT2D eigenvalue weighted by Gasteiger charge is 2.37. The van der Waals surface area contributed by atoms with Crippen LogP contribution in [0, 0.1) is 0 Å². The Morgan fingerprint density at radius 2 is 2.20 bits per heavy atom. The zero-order valence-corrected chi connectivity index (χ0v) is 9.24. The summed E-state index contributed by atoms with van der Waals surface area (Å²) in [5.74, 6) is 0. The molecule has 0 amide bonds. The van der Waals surface area contributed by atoms with E-state index in [-0.39, 0.29) is 12.2 Å². The molecule has 0 radical (unpaired) electrons. The number of aliphatic hydroxyl groups is 1. The number of benzene rings is 1. The van der Waals surface area contributed by atoms with E-state index in [1.54, 1.807) is 11.8 Å². The summed E-state index contributed by atoms with van der Waals surface area (Å²) < 4.78 is 0. The number of thioether (sulfide) groups is 1. The fraction of sp³-hybridized carbons (Fsp3) is 0.273. The molecule has 2 heterocycles. The molecule has 0 saturated heterocycles. The molecule has 15 heavy (non-hydrogen) atoms. The average Bonchev–Trinajstić information content (AvgIpc) is 2.72. The fourth-order valence-corrected chi connectivity index (χ4v) is 3.36. The van der Waals surface area contributed by atoms with Crippen LogP contribution in [0.25, 0.3) is 0 Å². The van der Waals surface area contributed by atoms with Crippen LogP contribution in [0.15, 0.2) is 41.1 Å². The smallest absolute Gasteiger partial charge is 0.160 e. The van der Waals surface area contributed by atoms with Gasteiger partial charge >= 0.3 is 0 Å². The van der Waals surface area contributed by atoms with Crippen molar-refractivity contribution in [3.63, 3.8) is 0 Å². The van der Waals surface area contributed by atoms with E-state index in [1.165, 1.54) is 10.6 Å². The molecule has 0 fully saturated rings. The van der Waals surface area contributed by atoms with Crippen molar-refractivity contribution in [1.82, 2.24) is 4.90 Å². The Kier molecular flexibility index (Phi) is 1.94. The molecule has 1 aromatic carbocycles. The van der Waals surface area contributed by atoms with Crippen molar-refractivity contribution < 1.29 is 5.11 Å². The molecule has 3 rings (SSSR count). The second-order valence-corrected chi connectivity index (χ2v) is 4.80. The van der Waals surface area contributed by atoms with Crippen LogP contribution in [-0.4, -0.2) is 22.2 Å². The summed E-state index contributed by atoms with van der Waals surface area (Å²) in [6, 6.07) is 8.34. The highest BCUT2D eigenvalue weighted by atomic mass is 32.2. The third-order valence-corrected chi connectivity index (χ3v) is 4.10. The number of allylic oxidation sites excluding steroid dienone is 1. The number of nitrogens with zero attached hydrogens (tertiary/aromatic N) is 2. The largest absolute Gasteiger partial charge is 0.376 e. The Morgan fingerprint density at radius 1 is 1.40 bits per heavy atom. The van der Waals surface area contributed by atoms with Gasteiger partial charge < -0.3 is 14.9 Å². The summed E-state index contributed by atoms with van der Waals surface area (Å²) in [7, 11) is 0. The Hall–Kier alpha value is -1.13. The number of fused-ring (bicyclic) bond motifs is 3. The Balaban J connectivity index is 2.04. The zero-order valence-electron chi connectivity index (χ0n) is 8.42. The molecular weight excluding hydrogens is 208 g/mol. The quantitative estimate of drug-likeness (QED) is 0.783. The number of hydrogen-bond acceptors (Lipinski definition) is 4. The molecule has 2 aliphatic heterocycles. The number of aliphatic hydroxyl groups excluding tert-OH is 1. The van der Waals surface area contributed by atoms with Gasteiger partial charge in [-0.2, -0.15) is 0 Å². The molecule has 0 aromatic heterocycles. The molecule has 0 aliphatic carbocycles. The van der Waals surface area contributed by atoms with Gasteiger partial charge in [-0.15, -0.1) is 0 Å². The third kappa shape index (κ3) is 1.18. The first-order valence-electron chi connectivity index (χ1n) is 4.91. The van der Waals surface area contributed by atoms with Gasteiger partial charge in [0.25, 0.3) is 0 Å². The van der Waals surface area contributed by atoms with Crippen molar-refractivity contribution >= 4 is 17.4 Å². The lowest BCUT2D eigenvalue weighted by Gasteiger charge is -2.25. The van der Waals surface area contributed by atoms with Crippen LogP contribution in [0.1, 0.15) is 6.92 Å². The van der Waals surface area contributed by atoms with E-state index in [1.807, 2.05) is 24.0 Å². The van der Waals surface area contributed by atoms with E-state index < -0.39 is 0 Å². The van der Waals surface area contributed by atoms with Crippen LogP contribution in [0.3, 0.4) is 0 Å². The normalized spacial score (nSPS) is 22.8. The average molecular weight is 220 g/mol. The maximum absolute atomic E-state index is 9.31. The van der Waals surface area contributed by atoms with Gasteiger partial charge in [-0.3, -0.25) is 0 Å². The van der Waals surface area contributed by atoms with Crippen molar-refractivity contribution in [3.05, 3.63) is 36.2 Å². The van der Waals surface area contributed by atoms with Gasteiger partial charge in [0.1, 0.15) is 6.73 Å². The maximum atomic E-state index is 9.31. The van der Waals surface area contributed by atoms with Gasteiger partial charge in [0.15, 0.2) is 5.50 Å². The van der Waals surface area contributed by atoms with Crippen LogP contribution in [0.2, 0.25) is 0 Å². The molecule has 4 heteroatoms. The van der Waals surface area contributed by atoms with Gasteiger partial charge in [0.05, 0.1) is 5.69 Å². The summed E-state index contributed by atoms with van der Waals surface area (Å²) in [6.07, 6.45) is 2.10. The minimum absolute atomic E-state index is 0.0739. The molecule has 0 spiro atoms. The van der Waals surface area contributed by atoms with Gasteiger partial charge in [-0.05, 0) is 19.1 Å². The first-order valence-corrected chi connectivity index (χ1v) is 5.79. The van der Waals surface area contributed by atoms with E-state index in [9.17, 15) is 5.11 Å². The molecule has 0 saturated carbocycles. The highest BCUT2D eigenvalue weighted by Crippen LogP contribution is 2.48. The van der Waals surface area contributed by atoms with Crippen LogP contribution < -0.4 is 4.90 Å². The van der Waals surface area contributed by atoms with E-state index in [2.05, 4.69) is 23.2 Å². The number of para-hydroxylation sites is 1. The van der Waals surface area contributed by atoms with Crippen molar-refractivity contribution in [2.45, 2.75) is 17.3 Å². The molecule has 1 aromatic rings. The van der Waals surface area contributed by atoms with E-state index in [0.29, 0.717) is 0 Å². The first kappa shape index (κ1) is 9.12. The summed E-state index contributed by atoms with van der Waals surface area (Å²) in [5.41, 5.74) is 2.56. The number of rotatable bonds is 1. The second kappa shape index (κ2) is 3.18.